The molecule has 3 rings (SSSR count). The Labute approximate surface area is 176 Å². The highest BCUT2D eigenvalue weighted by atomic mass is 16.2. The van der Waals surface area contributed by atoms with Gasteiger partial charge in [-0.15, -0.1) is 0 Å². The zero-order valence-electron chi connectivity index (χ0n) is 17.4. The minimum absolute atomic E-state index is 0.0729. The van der Waals surface area contributed by atoms with Gasteiger partial charge in [0.15, 0.2) is 0 Å². The first-order valence-corrected chi connectivity index (χ1v) is 9.98. The molecule has 1 aliphatic rings. The first-order valence-electron chi connectivity index (χ1n) is 9.98. The van der Waals surface area contributed by atoms with Crippen molar-refractivity contribution in [2.45, 2.75) is 19.4 Å². The molecule has 0 spiro atoms. The molecule has 0 aromatic heterocycles. The molecule has 158 valence electrons. The minimum Gasteiger partial charge on any atom is -0.368 e. The van der Waals surface area contributed by atoms with Crippen molar-refractivity contribution in [2.75, 3.05) is 38.0 Å². The van der Waals surface area contributed by atoms with Crippen molar-refractivity contribution in [1.29, 1.82) is 0 Å². The van der Waals surface area contributed by atoms with Gasteiger partial charge in [0.25, 0.3) is 0 Å². The molecular formula is C22H28N6O2. The summed E-state index contributed by atoms with van der Waals surface area (Å²) < 4.78 is 0. The average molecular weight is 409 g/mol. The topological polar surface area (TPSA) is 103 Å². The van der Waals surface area contributed by atoms with Gasteiger partial charge in [0.1, 0.15) is 0 Å². The number of anilines is 1. The maximum absolute atomic E-state index is 12.4. The van der Waals surface area contributed by atoms with Gasteiger partial charge in [0.2, 0.25) is 11.8 Å². The molecule has 0 unspecified atom stereocenters. The molecular weight excluding hydrogens is 380 g/mol. The molecule has 0 atom stereocenters. The van der Waals surface area contributed by atoms with E-state index in [4.69, 9.17) is 5.73 Å². The number of azo groups is 1. The number of nitrogens with one attached hydrogen (secondary N) is 1. The van der Waals surface area contributed by atoms with E-state index in [2.05, 4.69) is 25.3 Å². The highest BCUT2D eigenvalue weighted by molar-refractivity contribution is 5.92. The molecule has 30 heavy (non-hydrogen) atoms. The van der Waals surface area contributed by atoms with Crippen LogP contribution >= 0.6 is 0 Å². The Balaban J connectivity index is 1.46. The van der Waals surface area contributed by atoms with Gasteiger partial charge in [-0.25, -0.2) is 0 Å². The average Bonchev–Trinajstić information content (AvgIpc) is 2.74. The highest BCUT2D eigenvalue weighted by Gasteiger charge is 2.34. The van der Waals surface area contributed by atoms with E-state index in [-0.39, 0.29) is 11.8 Å². The van der Waals surface area contributed by atoms with Crippen LogP contribution in [-0.2, 0) is 9.59 Å². The van der Waals surface area contributed by atoms with Crippen LogP contribution in [0, 0.1) is 0 Å². The Kier molecular flexibility index (Phi) is 6.91. The number of nitrogens with zero attached hydrogens (tertiary/aromatic N) is 4. The second-order valence-corrected chi connectivity index (χ2v) is 7.82. The van der Waals surface area contributed by atoms with Crippen LogP contribution in [0.25, 0.3) is 0 Å². The zero-order valence-corrected chi connectivity index (χ0v) is 17.4. The summed E-state index contributed by atoms with van der Waals surface area (Å²) in [4.78, 5) is 28.1. The molecule has 1 fully saturated rings. The van der Waals surface area contributed by atoms with Gasteiger partial charge in [-0.05, 0) is 50.2 Å². The minimum atomic E-state index is -0.673. The molecule has 2 aromatic carbocycles. The second-order valence-electron chi connectivity index (χ2n) is 7.82. The van der Waals surface area contributed by atoms with Crippen LogP contribution in [0.4, 0.5) is 17.1 Å². The number of amides is 2. The fourth-order valence-electron chi connectivity index (χ4n) is 3.25. The molecule has 8 nitrogen and oxygen atoms in total. The molecule has 3 N–H and O–H groups in total. The van der Waals surface area contributed by atoms with Crippen molar-refractivity contribution >= 4 is 28.9 Å². The number of rotatable bonds is 7. The second kappa shape index (κ2) is 9.60. The Morgan fingerprint density at radius 2 is 1.50 bits per heavy atom. The number of carbonyl (C=O) groups is 2. The Hall–Kier alpha value is -3.10. The Bertz CT molecular complexity index is 888. The van der Waals surface area contributed by atoms with E-state index < -0.39 is 5.54 Å². The predicted octanol–water partition coefficient (Wildman–Crippen LogP) is 2.92. The fraction of sp³-hybridized carbons (Fsp3) is 0.364. The summed E-state index contributed by atoms with van der Waals surface area (Å²) in [5.74, 6) is -0.406. The molecule has 1 aliphatic heterocycles. The van der Waals surface area contributed by atoms with Crippen molar-refractivity contribution in [2.24, 2.45) is 16.0 Å². The maximum atomic E-state index is 12.4. The third-order valence-electron chi connectivity index (χ3n) is 5.32. The molecule has 2 amide bonds. The first-order chi connectivity index (χ1) is 14.3. The number of hydrogen-bond donors (Lipinski definition) is 2. The summed E-state index contributed by atoms with van der Waals surface area (Å²) in [6, 6.07) is 16.8. The molecule has 0 saturated carbocycles. The molecule has 0 aliphatic carbocycles. The van der Waals surface area contributed by atoms with E-state index in [0.717, 1.165) is 5.69 Å². The number of nitrogens with two attached hydrogens (primary N) is 1. The van der Waals surface area contributed by atoms with Gasteiger partial charge in [-0.3, -0.25) is 19.4 Å². The number of benzene rings is 2. The van der Waals surface area contributed by atoms with Gasteiger partial charge in [0.05, 0.1) is 23.5 Å². The number of primary amides is 1. The van der Waals surface area contributed by atoms with E-state index >= 15 is 0 Å². The lowest BCUT2D eigenvalue weighted by Crippen LogP contribution is -2.60. The third kappa shape index (κ3) is 5.71. The van der Waals surface area contributed by atoms with E-state index in [1.165, 1.54) is 0 Å². The highest BCUT2D eigenvalue weighted by Crippen LogP contribution is 2.20. The summed E-state index contributed by atoms with van der Waals surface area (Å²) in [5.41, 5.74) is 7.03. The lowest BCUT2D eigenvalue weighted by atomic mass is 10.0. The van der Waals surface area contributed by atoms with Gasteiger partial charge >= 0.3 is 0 Å². The molecule has 1 heterocycles. The lowest BCUT2D eigenvalue weighted by Gasteiger charge is -2.42. The molecule has 8 heteroatoms. The van der Waals surface area contributed by atoms with Crippen molar-refractivity contribution in [1.82, 2.24) is 9.80 Å². The van der Waals surface area contributed by atoms with Crippen LogP contribution in [-0.4, -0.2) is 59.9 Å². The van der Waals surface area contributed by atoms with Gasteiger partial charge < -0.3 is 11.1 Å². The van der Waals surface area contributed by atoms with Crippen molar-refractivity contribution in [3.05, 3.63) is 54.6 Å². The van der Waals surface area contributed by atoms with E-state index in [0.29, 0.717) is 44.1 Å². The van der Waals surface area contributed by atoms with Crippen LogP contribution < -0.4 is 11.1 Å². The largest absolute Gasteiger partial charge is 0.368 e. The Morgan fingerprint density at radius 1 is 0.933 bits per heavy atom. The molecule has 2 aromatic rings. The maximum Gasteiger partial charge on any atom is 0.238 e. The third-order valence-corrected chi connectivity index (χ3v) is 5.32. The SMILES string of the molecule is CC(C)(C(N)=O)N1CCN(CC(=O)Nc2ccc(N=Nc3ccccc3)cc2)CC1. The van der Waals surface area contributed by atoms with Crippen LogP contribution in [0.2, 0.25) is 0 Å². The Morgan fingerprint density at radius 3 is 2.07 bits per heavy atom. The van der Waals surface area contributed by atoms with Gasteiger partial charge in [-0.1, -0.05) is 18.2 Å². The van der Waals surface area contributed by atoms with Crippen molar-refractivity contribution < 1.29 is 9.59 Å². The normalized spacial score (nSPS) is 15.9. The monoisotopic (exact) mass is 408 g/mol. The fourth-order valence-corrected chi connectivity index (χ4v) is 3.25. The van der Waals surface area contributed by atoms with E-state index in [9.17, 15) is 9.59 Å². The van der Waals surface area contributed by atoms with Crippen molar-refractivity contribution in [3.63, 3.8) is 0 Å². The summed E-state index contributed by atoms with van der Waals surface area (Å²) in [6.07, 6.45) is 0. The van der Waals surface area contributed by atoms with E-state index in [1.54, 1.807) is 0 Å². The van der Waals surface area contributed by atoms with Crippen LogP contribution in [0.5, 0.6) is 0 Å². The van der Waals surface area contributed by atoms with E-state index in [1.807, 2.05) is 68.4 Å². The quantitative estimate of drug-likeness (QED) is 0.688. The summed E-state index contributed by atoms with van der Waals surface area (Å²) in [5, 5.41) is 11.3. The van der Waals surface area contributed by atoms with Crippen LogP contribution in [0.3, 0.4) is 0 Å². The number of carbonyl (C=O) groups excluding carboxylic acids is 2. The van der Waals surface area contributed by atoms with Crippen LogP contribution in [0.1, 0.15) is 13.8 Å². The smallest absolute Gasteiger partial charge is 0.238 e. The first kappa shape index (κ1) is 21.6. The standard InChI is InChI=1S/C22H28N6O2/c1-22(2,21(23)30)28-14-12-27(13-15-28)16-20(29)24-17-8-10-19(11-9-17)26-25-18-6-4-3-5-7-18/h3-11H,12-16H2,1-2H3,(H2,23,30)(H,24,29). The number of piperazine rings is 1. The van der Waals surface area contributed by atoms with Crippen molar-refractivity contribution in [3.8, 4) is 0 Å². The summed E-state index contributed by atoms with van der Waals surface area (Å²) in [6.45, 7) is 6.79. The number of hydrogen-bond acceptors (Lipinski definition) is 6. The molecule has 0 bridgehead atoms. The molecule has 1 saturated heterocycles. The lowest BCUT2D eigenvalue weighted by molar-refractivity contribution is -0.130. The zero-order chi connectivity index (χ0) is 21.6. The molecule has 0 radical (unpaired) electrons. The van der Waals surface area contributed by atoms with Gasteiger partial charge in [-0.2, -0.15) is 10.2 Å². The van der Waals surface area contributed by atoms with Crippen LogP contribution in [0.15, 0.2) is 64.8 Å². The predicted molar refractivity (Wildman–Crippen MR) is 117 cm³/mol. The van der Waals surface area contributed by atoms with Gasteiger partial charge in [0, 0.05) is 31.9 Å². The summed E-state index contributed by atoms with van der Waals surface area (Å²) >= 11 is 0. The summed E-state index contributed by atoms with van der Waals surface area (Å²) in [7, 11) is 0.